The minimum atomic E-state index is -2.47. The van der Waals surface area contributed by atoms with Crippen LogP contribution in [0, 0.1) is 0 Å². The summed E-state index contributed by atoms with van der Waals surface area (Å²) in [4.78, 5) is 11.6. The third-order valence-electron chi connectivity index (χ3n) is 4.15. The molecule has 0 saturated heterocycles. The van der Waals surface area contributed by atoms with Crippen molar-refractivity contribution in [2.75, 3.05) is 6.61 Å². The highest BCUT2D eigenvalue weighted by Crippen LogP contribution is 2.32. The van der Waals surface area contributed by atoms with Gasteiger partial charge in [-0.05, 0) is 30.2 Å². The molecule has 0 amide bonds. The third kappa shape index (κ3) is 4.50. The monoisotopic (exact) mass is 356 g/mol. The first-order valence-electron chi connectivity index (χ1n) is 8.25. The van der Waals surface area contributed by atoms with Crippen LogP contribution in [0.5, 0.6) is 5.75 Å². The Hall–Kier alpha value is -2.63. The number of carbonyl (C=O) groups is 1. The van der Waals surface area contributed by atoms with E-state index in [1.165, 1.54) is 6.92 Å². The van der Waals surface area contributed by atoms with Crippen LogP contribution in [0.1, 0.15) is 31.9 Å². The number of carbonyl (C=O) groups excluding carboxylic acids is 1. The molecular weight excluding hydrogens is 332 g/mol. The van der Waals surface area contributed by atoms with E-state index < -0.39 is 18.5 Å². The number of aliphatic hydroxyl groups excluding tert-OH is 1. The molecule has 0 aromatic heterocycles. The molecule has 2 aromatic rings. The van der Waals surface area contributed by atoms with Crippen LogP contribution in [0.15, 0.2) is 66.7 Å². The summed E-state index contributed by atoms with van der Waals surface area (Å²) < 4.78 is 10.0. The SMILES string of the molecule is C=C(C)C(=O)OC(O)(CO)Oc1ccc(C(C)(C)c2ccccc2)cc1. The highest BCUT2D eigenvalue weighted by molar-refractivity contribution is 5.87. The molecule has 0 spiro atoms. The van der Waals surface area contributed by atoms with E-state index >= 15 is 0 Å². The Morgan fingerprint density at radius 3 is 2.08 bits per heavy atom. The molecule has 26 heavy (non-hydrogen) atoms. The lowest BCUT2D eigenvalue weighted by Crippen LogP contribution is -2.44. The lowest BCUT2D eigenvalue weighted by atomic mass is 9.78. The van der Waals surface area contributed by atoms with Crippen molar-refractivity contribution < 1.29 is 24.5 Å². The molecule has 0 aliphatic carbocycles. The summed E-state index contributed by atoms with van der Waals surface area (Å²) >= 11 is 0. The second kappa shape index (κ2) is 7.72. The van der Waals surface area contributed by atoms with Gasteiger partial charge >= 0.3 is 11.9 Å². The first kappa shape index (κ1) is 19.7. The van der Waals surface area contributed by atoms with E-state index in [0.717, 1.165) is 11.1 Å². The molecule has 2 N–H and O–H groups in total. The van der Waals surface area contributed by atoms with Crippen molar-refractivity contribution in [2.24, 2.45) is 0 Å². The minimum Gasteiger partial charge on any atom is -0.428 e. The summed E-state index contributed by atoms with van der Waals surface area (Å²) in [7, 11) is 0. The molecule has 0 radical (unpaired) electrons. The molecule has 0 bridgehead atoms. The van der Waals surface area contributed by atoms with Crippen molar-refractivity contribution in [1.29, 1.82) is 0 Å². The van der Waals surface area contributed by atoms with Crippen LogP contribution in [-0.4, -0.2) is 28.8 Å². The third-order valence-corrected chi connectivity index (χ3v) is 4.15. The molecule has 0 fully saturated rings. The van der Waals surface area contributed by atoms with Gasteiger partial charge in [0.15, 0.2) is 0 Å². The molecule has 2 rings (SSSR count). The van der Waals surface area contributed by atoms with E-state index in [9.17, 15) is 15.0 Å². The molecule has 1 atom stereocenters. The predicted molar refractivity (Wildman–Crippen MR) is 98.6 cm³/mol. The second-order valence-electron chi connectivity index (χ2n) is 6.66. The van der Waals surface area contributed by atoms with Gasteiger partial charge in [0.1, 0.15) is 12.4 Å². The Morgan fingerprint density at radius 1 is 1.04 bits per heavy atom. The van der Waals surface area contributed by atoms with Crippen LogP contribution in [-0.2, 0) is 14.9 Å². The number of benzene rings is 2. The van der Waals surface area contributed by atoms with Gasteiger partial charge in [0.2, 0.25) is 0 Å². The maximum atomic E-state index is 11.6. The van der Waals surface area contributed by atoms with Gasteiger partial charge in [-0.15, -0.1) is 0 Å². The Balaban J connectivity index is 2.18. The van der Waals surface area contributed by atoms with E-state index in [2.05, 4.69) is 32.6 Å². The smallest absolute Gasteiger partial charge is 0.396 e. The Kier molecular flexibility index (Phi) is 5.85. The van der Waals surface area contributed by atoms with E-state index in [1.54, 1.807) is 12.1 Å². The topological polar surface area (TPSA) is 76.0 Å². The standard InChI is InChI=1S/C21H24O5/c1-15(2)19(23)26-21(24,14-22)25-18-12-10-17(11-13-18)20(3,4)16-8-6-5-7-9-16/h5-13,22,24H,1,14H2,2-4H3. The Bertz CT molecular complexity index is 765. The fraction of sp³-hybridized carbons (Fsp3) is 0.286. The normalized spacial score (nSPS) is 13.6. The van der Waals surface area contributed by atoms with Gasteiger partial charge in [-0.1, -0.05) is 62.9 Å². The van der Waals surface area contributed by atoms with E-state index in [-0.39, 0.29) is 16.7 Å². The lowest BCUT2D eigenvalue weighted by molar-refractivity contribution is -0.314. The second-order valence-corrected chi connectivity index (χ2v) is 6.66. The molecule has 2 aromatic carbocycles. The lowest BCUT2D eigenvalue weighted by Gasteiger charge is -2.28. The molecule has 0 aliphatic heterocycles. The van der Waals surface area contributed by atoms with Crippen LogP contribution in [0.2, 0.25) is 0 Å². The van der Waals surface area contributed by atoms with Gasteiger partial charge in [0, 0.05) is 11.0 Å². The summed E-state index contributed by atoms with van der Waals surface area (Å²) in [6.07, 6.45) is 0. The number of ether oxygens (including phenoxy) is 2. The largest absolute Gasteiger partial charge is 0.428 e. The fourth-order valence-electron chi connectivity index (χ4n) is 2.46. The minimum absolute atomic E-state index is 0.0837. The zero-order valence-electron chi connectivity index (χ0n) is 15.2. The van der Waals surface area contributed by atoms with Crippen molar-refractivity contribution in [3.8, 4) is 5.75 Å². The maximum Gasteiger partial charge on any atom is 0.396 e. The summed E-state index contributed by atoms with van der Waals surface area (Å²) in [6, 6.07) is 17.1. The van der Waals surface area contributed by atoms with Gasteiger partial charge in [-0.25, -0.2) is 4.79 Å². The highest BCUT2D eigenvalue weighted by Gasteiger charge is 2.34. The number of esters is 1. The number of hydrogen-bond donors (Lipinski definition) is 2. The molecule has 138 valence electrons. The first-order valence-corrected chi connectivity index (χ1v) is 8.25. The average molecular weight is 356 g/mol. The fourth-order valence-corrected chi connectivity index (χ4v) is 2.46. The molecule has 0 saturated carbocycles. The first-order chi connectivity index (χ1) is 12.2. The molecule has 5 nitrogen and oxygen atoms in total. The molecular formula is C21H24O5. The number of hydrogen-bond acceptors (Lipinski definition) is 5. The Morgan fingerprint density at radius 2 is 1.58 bits per heavy atom. The van der Waals surface area contributed by atoms with Crippen LogP contribution in [0.4, 0.5) is 0 Å². The van der Waals surface area contributed by atoms with Gasteiger partial charge in [-0.3, -0.25) is 0 Å². The Labute approximate surface area is 153 Å². The maximum absolute atomic E-state index is 11.6. The molecule has 1 unspecified atom stereocenters. The van der Waals surface area contributed by atoms with Crippen LogP contribution in [0.25, 0.3) is 0 Å². The summed E-state index contributed by atoms with van der Waals surface area (Å²) in [5.74, 6) is -3.07. The predicted octanol–water partition coefficient (Wildman–Crippen LogP) is 3.15. The number of rotatable bonds is 7. The zero-order chi connectivity index (χ0) is 19.4. The quantitative estimate of drug-likeness (QED) is 0.453. The van der Waals surface area contributed by atoms with Crippen molar-refractivity contribution in [1.82, 2.24) is 0 Å². The van der Waals surface area contributed by atoms with Crippen molar-refractivity contribution in [3.05, 3.63) is 77.9 Å². The van der Waals surface area contributed by atoms with Crippen LogP contribution in [0.3, 0.4) is 0 Å². The van der Waals surface area contributed by atoms with Gasteiger partial charge < -0.3 is 19.7 Å². The molecule has 0 aliphatic rings. The summed E-state index contributed by atoms with van der Waals surface area (Å²) in [5.41, 5.74) is 2.07. The van der Waals surface area contributed by atoms with Gasteiger partial charge in [-0.2, -0.15) is 0 Å². The van der Waals surface area contributed by atoms with Crippen LogP contribution >= 0.6 is 0 Å². The summed E-state index contributed by atoms with van der Waals surface area (Å²) in [6.45, 7) is 8.16. The zero-order valence-corrected chi connectivity index (χ0v) is 15.2. The van der Waals surface area contributed by atoms with Gasteiger partial charge in [0.25, 0.3) is 0 Å². The highest BCUT2D eigenvalue weighted by atomic mass is 16.8. The van der Waals surface area contributed by atoms with E-state index in [4.69, 9.17) is 9.47 Å². The van der Waals surface area contributed by atoms with Gasteiger partial charge in [0.05, 0.1) is 0 Å². The van der Waals surface area contributed by atoms with E-state index in [1.807, 2.05) is 30.3 Å². The van der Waals surface area contributed by atoms with Crippen molar-refractivity contribution in [3.63, 3.8) is 0 Å². The van der Waals surface area contributed by atoms with E-state index in [0.29, 0.717) is 0 Å². The summed E-state index contributed by atoms with van der Waals surface area (Å²) in [5, 5.41) is 19.5. The molecule has 0 heterocycles. The average Bonchev–Trinajstić information content (AvgIpc) is 2.62. The number of aliphatic hydroxyl groups is 2. The molecule has 5 heteroatoms. The van der Waals surface area contributed by atoms with Crippen molar-refractivity contribution >= 4 is 5.97 Å². The van der Waals surface area contributed by atoms with Crippen LogP contribution < -0.4 is 4.74 Å². The van der Waals surface area contributed by atoms with Crippen molar-refractivity contribution in [2.45, 2.75) is 32.2 Å².